The van der Waals surface area contributed by atoms with E-state index in [1.165, 1.54) is 49.6 Å². The quantitative estimate of drug-likeness (QED) is 0.266. The maximum atomic E-state index is 12.8. The van der Waals surface area contributed by atoms with Crippen molar-refractivity contribution in [2.45, 2.75) is 38.8 Å². The Hall–Kier alpha value is -4.41. The summed E-state index contributed by atoms with van der Waals surface area (Å²) < 4.78 is 14.8. The summed E-state index contributed by atoms with van der Waals surface area (Å²) in [5.74, 6) is -2.56. The van der Waals surface area contributed by atoms with Gasteiger partial charge in [0.25, 0.3) is 0 Å². The molecule has 0 fully saturated rings. The maximum Gasteiger partial charge on any atom is 0.411 e. The lowest BCUT2D eigenvalue weighted by molar-refractivity contribution is -0.145. The molecule has 0 saturated carbocycles. The number of aromatic carboxylic acids is 1. The number of carbonyl (C=O) groups excluding carboxylic acids is 4. The Morgan fingerprint density at radius 1 is 0.944 bits per heavy atom. The van der Waals surface area contributed by atoms with Crippen LogP contribution < -0.4 is 10.6 Å². The first-order valence-corrected chi connectivity index (χ1v) is 10.8. The van der Waals surface area contributed by atoms with E-state index in [9.17, 15) is 29.1 Å². The Balaban J connectivity index is 2.09. The minimum Gasteiger partial charge on any atom is -0.478 e. The van der Waals surface area contributed by atoms with Crippen LogP contribution in [0.4, 0.5) is 15.3 Å². The van der Waals surface area contributed by atoms with Crippen molar-refractivity contribution in [1.29, 1.82) is 0 Å². The zero-order valence-corrected chi connectivity index (χ0v) is 20.3. The number of hydrogen-bond acceptors (Lipinski definition) is 8. The van der Waals surface area contributed by atoms with E-state index in [0.29, 0.717) is 11.3 Å². The van der Waals surface area contributed by atoms with Crippen molar-refractivity contribution in [3.05, 3.63) is 65.2 Å². The Morgan fingerprint density at radius 3 is 2.19 bits per heavy atom. The van der Waals surface area contributed by atoms with E-state index in [1.54, 1.807) is 26.8 Å². The van der Waals surface area contributed by atoms with Crippen molar-refractivity contribution in [2.75, 3.05) is 19.0 Å². The molecular formula is C25H28N2O9. The number of alkyl carbamates (subject to hydrolysis) is 1. The lowest BCUT2D eigenvalue weighted by Crippen LogP contribution is -2.45. The van der Waals surface area contributed by atoms with Gasteiger partial charge >= 0.3 is 24.1 Å². The molecule has 0 aliphatic heterocycles. The number of ether oxygens (including phenoxy) is 3. The Kier molecular flexibility index (Phi) is 9.54. The molecule has 1 atom stereocenters. The summed E-state index contributed by atoms with van der Waals surface area (Å²) in [6, 6.07) is 10.5. The minimum atomic E-state index is -1.25. The Bertz CT molecular complexity index is 1120. The van der Waals surface area contributed by atoms with Crippen LogP contribution in [0.15, 0.2) is 48.5 Å². The molecule has 2 aromatic carbocycles. The van der Waals surface area contributed by atoms with Crippen molar-refractivity contribution >= 4 is 35.6 Å². The first-order valence-electron chi connectivity index (χ1n) is 10.8. The van der Waals surface area contributed by atoms with Crippen molar-refractivity contribution in [2.24, 2.45) is 0 Å². The van der Waals surface area contributed by atoms with Crippen LogP contribution >= 0.6 is 0 Å². The second kappa shape index (κ2) is 12.3. The number of rotatable bonds is 9. The van der Waals surface area contributed by atoms with Crippen LogP contribution in [0.2, 0.25) is 0 Å². The summed E-state index contributed by atoms with van der Waals surface area (Å²) in [6.07, 6.45) is -1.64. The highest BCUT2D eigenvalue weighted by molar-refractivity contribution is 5.99. The Labute approximate surface area is 207 Å². The van der Waals surface area contributed by atoms with Gasteiger partial charge in [-0.3, -0.25) is 10.1 Å². The van der Waals surface area contributed by atoms with Crippen molar-refractivity contribution in [3.8, 4) is 0 Å². The first kappa shape index (κ1) is 27.8. The molecule has 36 heavy (non-hydrogen) atoms. The summed E-state index contributed by atoms with van der Waals surface area (Å²) in [6.45, 7) is 4.35. The summed E-state index contributed by atoms with van der Waals surface area (Å²) in [7, 11) is 1.22. The normalized spacial score (nSPS) is 11.6. The van der Waals surface area contributed by atoms with Crippen molar-refractivity contribution < 1.29 is 43.3 Å². The van der Waals surface area contributed by atoms with Crippen molar-refractivity contribution in [3.63, 3.8) is 0 Å². The molecule has 2 aromatic rings. The lowest BCUT2D eigenvalue weighted by atomic mass is 10.0. The molecule has 0 aliphatic carbocycles. The molecule has 2 amide bonds. The van der Waals surface area contributed by atoms with E-state index in [2.05, 4.69) is 15.4 Å². The van der Waals surface area contributed by atoms with E-state index >= 15 is 0 Å². The third-order valence-electron chi connectivity index (χ3n) is 4.57. The zero-order chi connectivity index (χ0) is 26.9. The number of amides is 2. The molecule has 0 saturated heterocycles. The first-order chi connectivity index (χ1) is 16.9. The number of carboxylic acid groups (broad SMARTS) is 1. The van der Waals surface area contributed by atoms with Crippen LogP contribution in [0.5, 0.6) is 0 Å². The lowest BCUT2D eigenvalue weighted by Gasteiger charge is -2.23. The van der Waals surface area contributed by atoms with Gasteiger partial charge in [-0.1, -0.05) is 12.1 Å². The Morgan fingerprint density at radius 2 is 1.61 bits per heavy atom. The predicted octanol–water partition coefficient (Wildman–Crippen LogP) is 3.43. The van der Waals surface area contributed by atoms with E-state index in [4.69, 9.17) is 9.47 Å². The monoisotopic (exact) mass is 500 g/mol. The van der Waals surface area contributed by atoms with E-state index < -0.39 is 48.2 Å². The molecule has 192 valence electrons. The molecule has 11 heteroatoms. The highest BCUT2D eigenvalue weighted by Gasteiger charge is 2.27. The van der Waals surface area contributed by atoms with E-state index in [1.807, 2.05) is 0 Å². The second-order valence-electron chi connectivity index (χ2n) is 8.63. The van der Waals surface area contributed by atoms with Gasteiger partial charge in [0.1, 0.15) is 11.6 Å². The average molecular weight is 501 g/mol. The standard InChI is InChI=1S/C25H28N2O9/c1-25(2,3)36-24(33)27-19(13-15-6-5-7-17(12-15)21(29)30)22(31)35-14-20(28)16-8-10-18(11-9-16)26-23(32)34-4/h5-12,19H,13-14H2,1-4H3,(H,26,32)(H,27,33)(H,29,30)/t19-/m0/s1. The average Bonchev–Trinajstić information content (AvgIpc) is 2.81. The SMILES string of the molecule is COC(=O)Nc1ccc(C(=O)COC(=O)[C@H](Cc2cccc(C(=O)O)c2)NC(=O)OC(C)(C)C)cc1. The fourth-order valence-corrected chi connectivity index (χ4v) is 2.94. The topological polar surface area (TPSA) is 157 Å². The third kappa shape index (κ3) is 9.09. The highest BCUT2D eigenvalue weighted by Crippen LogP contribution is 2.13. The number of esters is 1. The number of benzene rings is 2. The molecule has 0 bridgehead atoms. The number of carbonyl (C=O) groups is 5. The van der Waals surface area contributed by atoms with Gasteiger partial charge in [0.15, 0.2) is 12.4 Å². The molecule has 3 N–H and O–H groups in total. The minimum absolute atomic E-state index is 0.0113. The molecule has 0 aliphatic rings. The van der Waals surface area contributed by atoms with Crippen LogP contribution in [0.25, 0.3) is 0 Å². The molecular weight excluding hydrogens is 472 g/mol. The van der Waals surface area contributed by atoms with Crippen LogP contribution in [-0.2, 0) is 25.4 Å². The molecule has 0 radical (unpaired) electrons. The number of carboxylic acids is 1. The van der Waals surface area contributed by atoms with Gasteiger partial charge in [0.05, 0.1) is 12.7 Å². The van der Waals surface area contributed by atoms with Gasteiger partial charge in [0, 0.05) is 17.7 Å². The molecule has 0 aromatic heterocycles. The predicted molar refractivity (Wildman–Crippen MR) is 128 cm³/mol. The number of nitrogens with one attached hydrogen (secondary N) is 2. The maximum absolute atomic E-state index is 12.8. The van der Waals surface area contributed by atoms with Crippen LogP contribution in [0, 0.1) is 0 Å². The number of ketones is 1. The van der Waals surface area contributed by atoms with Gasteiger partial charge in [-0.05, 0) is 62.7 Å². The number of hydrogen-bond donors (Lipinski definition) is 3. The molecule has 0 unspecified atom stereocenters. The van der Waals surface area contributed by atoms with Gasteiger partial charge in [0.2, 0.25) is 0 Å². The zero-order valence-electron chi connectivity index (χ0n) is 20.3. The molecule has 2 rings (SSSR count). The van der Waals surface area contributed by atoms with Gasteiger partial charge in [-0.2, -0.15) is 0 Å². The fourth-order valence-electron chi connectivity index (χ4n) is 2.94. The number of anilines is 1. The van der Waals surface area contributed by atoms with Crippen molar-refractivity contribution in [1.82, 2.24) is 5.32 Å². The van der Waals surface area contributed by atoms with E-state index in [-0.39, 0.29) is 17.5 Å². The van der Waals surface area contributed by atoms with Gasteiger partial charge in [-0.25, -0.2) is 19.2 Å². The molecule has 0 heterocycles. The van der Waals surface area contributed by atoms with E-state index in [0.717, 1.165) is 0 Å². The summed E-state index contributed by atoms with van der Waals surface area (Å²) >= 11 is 0. The van der Waals surface area contributed by atoms with Crippen LogP contribution in [-0.4, -0.2) is 60.4 Å². The smallest absolute Gasteiger partial charge is 0.411 e. The van der Waals surface area contributed by atoms with Crippen LogP contribution in [0.1, 0.15) is 47.1 Å². The molecule has 0 spiro atoms. The summed E-state index contributed by atoms with van der Waals surface area (Å²) in [4.78, 5) is 60.1. The van der Waals surface area contributed by atoms with Crippen LogP contribution in [0.3, 0.4) is 0 Å². The highest BCUT2D eigenvalue weighted by atomic mass is 16.6. The van der Waals surface area contributed by atoms with Gasteiger partial charge in [-0.15, -0.1) is 0 Å². The summed E-state index contributed by atoms with van der Waals surface area (Å²) in [5.41, 5.74) is 0.266. The number of methoxy groups -OCH3 is 1. The summed E-state index contributed by atoms with van der Waals surface area (Å²) in [5, 5.41) is 14.1. The second-order valence-corrected chi connectivity index (χ2v) is 8.63. The number of Topliss-reactive ketones (excluding diaryl/α,β-unsaturated/α-hetero) is 1. The third-order valence-corrected chi connectivity index (χ3v) is 4.57. The fraction of sp³-hybridized carbons (Fsp3) is 0.320. The largest absolute Gasteiger partial charge is 0.478 e. The molecule has 11 nitrogen and oxygen atoms in total. The van der Waals surface area contributed by atoms with Gasteiger partial charge < -0.3 is 24.6 Å².